The third-order valence-corrected chi connectivity index (χ3v) is 6.78. The van der Waals surface area contributed by atoms with Crippen LogP contribution in [0, 0.1) is 0 Å². The van der Waals surface area contributed by atoms with Gasteiger partial charge in [0, 0.05) is 37.5 Å². The van der Waals surface area contributed by atoms with Gasteiger partial charge in [-0.25, -0.2) is 22.3 Å². The topological polar surface area (TPSA) is 105 Å². The van der Waals surface area contributed by atoms with Crippen molar-refractivity contribution in [3.63, 3.8) is 0 Å². The maximum absolute atomic E-state index is 14.0. The number of hydrogen-bond acceptors (Lipinski definition) is 5. The third-order valence-electron chi connectivity index (χ3n) is 5.52. The maximum Gasteiger partial charge on any atom is 0.257 e. The van der Waals surface area contributed by atoms with E-state index < -0.39 is 28.3 Å². The van der Waals surface area contributed by atoms with E-state index in [0.29, 0.717) is 5.52 Å². The smallest absolute Gasteiger partial charge is 0.257 e. The van der Waals surface area contributed by atoms with Crippen LogP contribution in [0.25, 0.3) is 10.9 Å². The summed E-state index contributed by atoms with van der Waals surface area (Å²) >= 11 is 6.35. The van der Waals surface area contributed by atoms with Crippen LogP contribution < -0.4 is 15.4 Å². The Labute approximate surface area is 194 Å². The van der Waals surface area contributed by atoms with Crippen LogP contribution >= 0.6 is 11.6 Å². The van der Waals surface area contributed by atoms with Crippen molar-refractivity contribution in [1.82, 2.24) is 4.98 Å². The summed E-state index contributed by atoms with van der Waals surface area (Å²) in [7, 11) is -4.24. The number of alkyl halides is 2. The molecule has 2 aromatic carbocycles. The number of fused-ring (bicyclic) bond motifs is 1. The molecule has 0 aliphatic carbocycles. The molecule has 0 atom stereocenters. The number of halogens is 3. The number of nitrogens with zero attached hydrogens (tertiary/aromatic N) is 2. The monoisotopic (exact) mass is 494 g/mol. The Morgan fingerprint density at radius 3 is 2.67 bits per heavy atom. The van der Waals surface area contributed by atoms with E-state index in [4.69, 9.17) is 16.7 Å². The van der Waals surface area contributed by atoms with Gasteiger partial charge in [-0.3, -0.25) is 9.78 Å². The van der Waals surface area contributed by atoms with Crippen LogP contribution in [0.4, 0.5) is 20.2 Å². The summed E-state index contributed by atoms with van der Waals surface area (Å²) in [6.07, 6.45) is 0.734. The van der Waals surface area contributed by atoms with Crippen LogP contribution in [0.5, 0.6) is 0 Å². The van der Waals surface area contributed by atoms with Crippen LogP contribution in [0.2, 0.25) is 5.02 Å². The fraction of sp³-hybridized carbons (Fsp3) is 0.273. The van der Waals surface area contributed by atoms with Gasteiger partial charge in [0.25, 0.3) is 5.91 Å². The molecular weight excluding hydrogens is 474 g/mol. The first-order valence-corrected chi connectivity index (χ1v) is 12.1. The molecule has 1 aliphatic rings. The molecule has 0 bridgehead atoms. The van der Waals surface area contributed by atoms with Crippen LogP contribution in [0.15, 0.2) is 53.6 Å². The van der Waals surface area contributed by atoms with Crippen LogP contribution in [0.3, 0.4) is 0 Å². The summed E-state index contributed by atoms with van der Waals surface area (Å²) in [6, 6.07) is 11.4. The van der Waals surface area contributed by atoms with Crippen LogP contribution in [0.1, 0.15) is 29.6 Å². The van der Waals surface area contributed by atoms with Gasteiger partial charge < -0.3 is 10.2 Å². The Morgan fingerprint density at radius 1 is 1.15 bits per heavy atom. The van der Waals surface area contributed by atoms with Crippen molar-refractivity contribution < 1.29 is 22.0 Å². The summed E-state index contributed by atoms with van der Waals surface area (Å²) < 4.78 is 52.5. The fourth-order valence-electron chi connectivity index (χ4n) is 3.88. The first-order chi connectivity index (χ1) is 15.5. The first kappa shape index (κ1) is 23.3. The minimum atomic E-state index is -4.24. The van der Waals surface area contributed by atoms with E-state index in [1.54, 1.807) is 18.2 Å². The second kappa shape index (κ2) is 8.85. The van der Waals surface area contributed by atoms with Crippen LogP contribution in [-0.2, 0) is 10.0 Å². The SMILES string of the molecule is NS(=O)(=O)c1ccc(Cl)c(NC(=O)c2cnc3ccccc3c2)c1N1CCCC(F)(F)CC1. The van der Waals surface area contributed by atoms with Gasteiger partial charge in [-0.2, -0.15) is 0 Å². The van der Waals surface area contributed by atoms with Crippen molar-refractivity contribution >= 4 is 49.8 Å². The third kappa shape index (κ3) is 5.07. The summed E-state index contributed by atoms with van der Waals surface area (Å²) in [5.41, 5.74) is 0.921. The minimum Gasteiger partial charge on any atom is -0.368 e. The molecule has 7 nitrogen and oxygen atoms in total. The summed E-state index contributed by atoms with van der Waals surface area (Å²) in [4.78, 5) is 18.5. The number of para-hydroxylation sites is 1. The molecule has 1 amide bonds. The second-order valence-corrected chi connectivity index (χ2v) is 9.82. The van der Waals surface area contributed by atoms with E-state index in [2.05, 4.69) is 10.3 Å². The van der Waals surface area contributed by atoms with E-state index in [9.17, 15) is 22.0 Å². The number of primary sulfonamides is 1. The number of hydrogen-bond donors (Lipinski definition) is 2. The first-order valence-electron chi connectivity index (χ1n) is 10.2. The highest BCUT2D eigenvalue weighted by Crippen LogP contribution is 2.41. The number of nitrogens with two attached hydrogens (primary N) is 1. The van der Waals surface area contributed by atoms with Gasteiger partial charge in [-0.05, 0) is 30.7 Å². The molecule has 33 heavy (non-hydrogen) atoms. The molecule has 4 rings (SSSR count). The minimum absolute atomic E-state index is 0.00444. The number of amides is 1. The van der Waals surface area contributed by atoms with Crippen molar-refractivity contribution in [3.8, 4) is 0 Å². The molecule has 2 heterocycles. The quantitative estimate of drug-likeness (QED) is 0.558. The Bertz CT molecular complexity index is 1330. The molecule has 1 aliphatic heterocycles. The van der Waals surface area contributed by atoms with E-state index in [0.717, 1.165) is 5.39 Å². The van der Waals surface area contributed by atoms with E-state index in [1.165, 1.54) is 23.2 Å². The normalized spacial score (nSPS) is 16.4. The summed E-state index contributed by atoms with van der Waals surface area (Å²) in [5, 5.41) is 8.85. The number of rotatable bonds is 4. The van der Waals surface area contributed by atoms with Gasteiger partial charge in [-0.1, -0.05) is 29.8 Å². The molecule has 0 radical (unpaired) electrons. The van der Waals surface area contributed by atoms with Crippen molar-refractivity contribution in [2.45, 2.75) is 30.1 Å². The largest absolute Gasteiger partial charge is 0.368 e. The number of benzene rings is 2. The van der Waals surface area contributed by atoms with Crippen molar-refractivity contribution in [2.24, 2.45) is 5.14 Å². The van der Waals surface area contributed by atoms with Gasteiger partial charge in [0.05, 0.1) is 27.5 Å². The van der Waals surface area contributed by atoms with Gasteiger partial charge in [0.15, 0.2) is 0 Å². The Morgan fingerprint density at radius 2 is 1.91 bits per heavy atom. The Kier molecular flexibility index (Phi) is 6.26. The summed E-state index contributed by atoms with van der Waals surface area (Å²) in [5.74, 6) is -3.45. The number of aromatic nitrogens is 1. The molecule has 174 valence electrons. The zero-order valence-corrected chi connectivity index (χ0v) is 19.0. The highest BCUT2D eigenvalue weighted by atomic mass is 35.5. The molecule has 11 heteroatoms. The number of carbonyl (C=O) groups excluding carboxylic acids is 1. The Hall–Kier alpha value is -2.82. The molecular formula is C22H21ClF2N4O3S. The van der Waals surface area contributed by atoms with Gasteiger partial charge in [0.2, 0.25) is 15.9 Å². The van der Waals surface area contributed by atoms with E-state index in [1.807, 2.05) is 12.1 Å². The molecule has 0 unspecified atom stereocenters. The number of anilines is 2. The summed E-state index contributed by atoms with van der Waals surface area (Å²) in [6.45, 7) is 0.0229. The number of carbonyl (C=O) groups is 1. The maximum atomic E-state index is 14.0. The standard InChI is InChI=1S/C22H21ClF2N4O3S/c23-16-6-7-18(33(26,31)32)20(29-10-3-8-22(24,25)9-11-29)19(16)28-21(30)15-12-14-4-1-2-5-17(14)27-13-15/h1-2,4-7,12-13H,3,8-11H2,(H,28,30)(H2,26,31,32). The van der Waals surface area contributed by atoms with E-state index >= 15 is 0 Å². The molecule has 1 fully saturated rings. The predicted octanol–water partition coefficient (Wildman–Crippen LogP) is 4.41. The lowest BCUT2D eigenvalue weighted by Gasteiger charge is -2.28. The van der Waals surface area contributed by atoms with E-state index in [-0.39, 0.29) is 52.8 Å². The van der Waals surface area contributed by atoms with Crippen molar-refractivity contribution in [3.05, 3.63) is 59.2 Å². The number of nitrogens with one attached hydrogen (secondary N) is 1. The molecule has 0 spiro atoms. The predicted molar refractivity (Wildman–Crippen MR) is 124 cm³/mol. The second-order valence-electron chi connectivity index (χ2n) is 7.88. The fourth-order valence-corrected chi connectivity index (χ4v) is 4.84. The van der Waals surface area contributed by atoms with Gasteiger partial charge in [-0.15, -0.1) is 0 Å². The lowest BCUT2D eigenvalue weighted by atomic mass is 10.1. The average molecular weight is 495 g/mol. The highest BCUT2D eigenvalue weighted by Gasteiger charge is 2.34. The van der Waals surface area contributed by atoms with Gasteiger partial charge in [0.1, 0.15) is 4.90 Å². The lowest BCUT2D eigenvalue weighted by Crippen LogP contribution is -2.30. The molecule has 1 aromatic heterocycles. The zero-order chi connectivity index (χ0) is 23.8. The zero-order valence-electron chi connectivity index (χ0n) is 17.4. The van der Waals surface area contributed by atoms with Gasteiger partial charge >= 0.3 is 0 Å². The average Bonchev–Trinajstić information content (AvgIpc) is 2.94. The number of pyridine rings is 1. The Balaban J connectivity index is 1.77. The number of sulfonamides is 1. The molecule has 3 aromatic rings. The molecule has 3 N–H and O–H groups in total. The highest BCUT2D eigenvalue weighted by molar-refractivity contribution is 7.89. The molecule has 1 saturated heterocycles. The lowest BCUT2D eigenvalue weighted by molar-refractivity contribution is -0.0102. The van der Waals surface area contributed by atoms with Crippen LogP contribution in [-0.4, -0.2) is 38.3 Å². The van der Waals surface area contributed by atoms with Crippen molar-refractivity contribution in [1.29, 1.82) is 0 Å². The molecule has 0 saturated carbocycles. The van der Waals surface area contributed by atoms with Crippen molar-refractivity contribution in [2.75, 3.05) is 23.3 Å².